The molecule has 1 saturated heterocycles. The zero-order chi connectivity index (χ0) is 13.9. The van der Waals surface area contributed by atoms with Gasteiger partial charge in [-0.1, -0.05) is 12.1 Å². The van der Waals surface area contributed by atoms with E-state index in [2.05, 4.69) is 9.98 Å². The molecule has 0 radical (unpaired) electrons. The average Bonchev–Trinajstić information content (AvgIpc) is 2.77. The molecule has 0 atom stereocenters. The van der Waals surface area contributed by atoms with E-state index in [0.29, 0.717) is 18.9 Å². The molecule has 1 fully saturated rings. The van der Waals surface area contributed by atoms with E-state index in [1.54, 1.807) is 6.07 Å². The van der Waals surface area contributed by atoms with Crippen LogP contribution in [0.4, 0.5) is 5.69 Å². The molecule has 7 nitrogen and oxygen atoms in total. The van der Waals surface area contributed by atoms with Gasteiger partial charge in [-0.15, -0.1) is 0 Å². The molecule has 0 unspecified atom stereocenters. The number of nitrogens with zero attached hydrogens (tertiary/aromatic N) is 2. The van der Waals surface area contributed by atoms with Gasteiger partial charge in [-0.2, -0.15) is 4.99 Å². The molecule has 1 aromatic rings. The van der Waals surface area contributed by atoms with Crippen LogP contribution in [0.2, 0.25) is 0 Å². The smallest absolute Gasteiger partial charge is 0.223 e. The lowest BCUT2D eigenvalue weighted by Crippen LogP contribution is -2.26. The molecule has 0 aromatic heterocycles. The fourth-order valence-corrected chi connectivity index (χ4v) is 1.83. The lowest BCUT2D eigenvalue weighted by molar-refractivity contribution is -0.149. The molecule has 0 bridgehead atoms. The molecular formula is C12H17N5O2. The van der Waals surface area contributed by atoms with E-state index in [1.807, 2.05) is 25.1 Å². The van der Waals surface area contributed by atoms with Gasteiger partial charge >= 0.3 is 0 Å². The van der Waals surface area contributed by atoms with Crippen LogP contribution in [0.25, 0.3) is 0 Å². The Morgan fingerprint density at radius 1 is 1.21 bits per heavy atom. The summed E-state index contributed by atoms with van der Waals surface area (Å²) in [4.78, 5) is 7.75. The monoisotopic (exact) mass is 263 g/mol. The lowest BCUT2D eigenvalue weighted by Gasteiger charge is -2.22. The number of hydrogen-bond acceptors (Lipinski definition) is 3. The summed E-state index contributed by atoms with van der Waals surface area (Å²) in [5.41, 5.74) is 17.5. The van der Waals surface area contributed by atoms with E-state index < -0.39 is 5.79 Å². The number of rotatable bonds is 2. The highest BCUT2D eigenvalue weighted by molar-refractivity contribution is 5.93. The average molecular weight is 263 g/mol. The summed E-state index contributed by atoms with van der Waals surface area (Å²) in [5, 5.41) is 0. The van der Waals surface area contributed by atoms with Gasteiger partial charge in [-0.25, -0.2) is 4.99 Å². The zero-order valence-corrected chi connectivity index (χ0v) is 10.7. The number of nitrogens with two attached hydrogens (primary N) is 3. The first-order chi connectivity index (χ1) is 8.99. The maximum Gasteiger partial charge on any atom is 0.223 e. The SMILES string of the molecule is CC1(c2cccc(N=C(N)N=C(N)N)c2)OCCO1. The van der Waals surface area contributed by atoms with Gasteiger partial charge in [-0.3, -0.25) is 0 Å². The summed E-state index contributed by atoms with van der Waals surface area (Å²) < 4.78 is 11.2. The van der Waals surface area contributed by atoms with Crippen molar-refractivity contribution in [1.82, 2.24) is 0 Å². The van der Waals surface area contributed by atoms with Gasteiger partial charge in [-0.05, 0) is 19.1 Å². The Hall–Kier alpha value is -2.12. The highest BCUT2D eigenvalue weighted by atomic mass is 16.7. The van der Waals surface area contributed by atoms with Crippen LogP contribution in [0.3, 0.4) is 0 Å². The standard InChI is InChI=1S/C12H17N5O2/c1-12(18-5-6-19-12)8-3-2-4-9(7-8)16-11(15)17-10(13)14/h2-4,7H,5-6H2,1H3,(H6,13,14,15,16,17). The summed E-state index contributed by atoms with van der Waals surface area (Å²) >= 11 is 0. The Morgan fingerprint density at radius 3 is 2.53 bits per heavy atom. The molecule has 0 aliphatic carbocycles. The Morgan fingerprint density at radius 2 is 1.89 bits per heavy atom. The minimum atomic E-state index is -0.740. The van der Waals surface area contributed by atoms with Gasteiger partial charge in [0.15, 0.2) is 11.7 Å². The largest absolute Gasteiger partial charge is 0.370 e. The Balaban J connectivity index is 2.27. The van der Waals surface area contributed by atoms with E-state index in [1.165, 1.54) is 0 Å². The number of aliphatic imine (C=N–C) groups is 2. The second-order valence-electron chi connectivity index (χ2n) is 4.20. The molecule has 6 N–H and O–H groups in total. The Kier molecular flexibility index (Phi) is 3.68. The first-order valence-electron chi connectivity index (χ1n) is 5.82. The van der Waals surface area contributed by atoms with Crippen molar-refractivity contribution in [2.45, 2.75) is 12.7 Å². The van der Waals surface area contributed by atoms with Crippen molar-refractivity contribution in [2.24, 2.45) is 27.2 Å². The van der Waals surface area contributed by atoms with E-state index in [0.717, 1.165) is 5.56 Å². The molecule has 1 aliphatic rings. The number of guanidine groups is 2. The Bertz CT molecular complexity index is 517. The first kappa shape index (κ1) is 13.3. The fraction of sp³-hybridized carbons (Fsp3) is 0.333. The van der Waals surface area contributed by atoms with Gasteiger partial charge in [0.25, 0.3) is 0 Å². The normalized spacial score (nSPS) is 18.3. The minimum Gasteiger partial charge on any atom is -0.370 e. The molecule has 7 heteroatoms. The minimum absolute atomic E-state index is 0.00411. The second kappa shape index (κ2) is 5.25. The summed E-state index contributed by atoms with van der Waals surface area (Å²) in [6.45, 7) is 3.00. The molecule has 0 spiro atoms. The van der Waals surface area contributed by atoms with Crippen molar-refractivity contribution in [2.75, 3.05) is 13.2 Å². The number of benzene rings is 1. The van der Waals surface area contributed by atoms with Crippen molar-refractivity contribution in [3.8, 4) is 0 Å². The van der Waals surface area contributed by atoms with Crippen LogP contribution >= 0.6 is 0 Å². The van der Waals surface area contributed by atoms with E-state index in [9.17, 15) is 0 Å². The van der Waals surface area contributed by atoms with Crippen molar-refractivity contribution < 1.29 is 9.47 Å². The van der Waals surface area contributed by atoms with Gasteiger partial charge in [0.2, 0.25) is 5.96 Å². The molecule has 2 rings (SSSR count). The highest BCUT2D eigenvalue weighted by Gasteiger charge is 2.33. The van der Waals surface area contributed by atoms with Crippen molar-refractivity contribution in [3.63, 3.8) is 0 Å². The topological polar surface area (TPSA) is 121 Å². The van der Waals surface area contributed by atoms with Gasteiger partial charge in [0.1, 0.15) is 0 Å². The van der Waals surface area contributed by atoms with Crippen molar-refractivity contribution in [3.05, 3.63) is 29.8 Å². The molecule has 0 saturated carbocycles. The maximum absolute atomic E-state index is 5.58. The van der Waals surface area contributed by atoms with Crippen LogP contribution in [0.15, 0.2) is 34.3 Å². The maximum atomic E-state index is 5.58. The molecular weight excluding hydrogens is 246 g/mol. The van der Waals surface area contributed by atoms with Crippen LogP contribution in [0, 0.1) is 0 Å². The molecule has 1 aliphatic heterocycles. The molecule has 0 amide bonds. The van der Waals surface area contributed by atoms with Crippen molar-refractivity contribution in [1.29, 1.82) is 0 Å². The van der Waals surface area contributed by atoms with Gasteiger partial charge in [0, 0.05) is 5.56 Å². The first-order valence-corrected chi connectivity index (χ1v) is 5.82. The van der Waals surface area contributed by atoms with E-state index >= 15 is 0 Å². The quantitative estimate of drug-likeness (QED) is 0.517. The predicted molar refractivity (Wildman–Crippen MR) is 72.8 cm³/mol. The summed E-state index contributed by atoms with van der Waals surface area (Å²) in [6.07, 6.45) is 0. The van der Waals surface area contributed by atoms with Gasteiger partial charge < -0.3 is 26.7 Å². The summed E-state index contributed by atoms with van der Waals surface area (Å²) in [7, 11) is 0. The molecule has 1 heterocycles. The Labute approximate surface area is 111 Å². The van der Waals surface area contributed by atoms with Crippen LogP contribution in [-0.4, -0.2) is 25.1 Å². The summed E-state index contributed by atoms with van der Waals surface area (Å²) in [5.74, 6) is -0.876. The number of ether oxygens (including phenoxy) is 2. The highest BCUT2D eigenvalue weighted by Crippen LogP contribution is 2.32. The lowest BCUT2D eigenvalue weighted by atomic mass is 10.1. The van der Waals surface area contributed by atoms with Crippen LogP contribution in [0.5, 0.6) is 0 Å². The molecule has 19 heavy (non-hydrogen) atoms. The third kappa shape index (κ3) is 3.21. The molecule has 1 aromatic carbocycles. The van der Waals surface area contributed by atoms with E-state index in [4.69, 9.17) is 26.7 Å². The van der Waals surface area contributed by atoms with Crippen molar-refractivity contribution >= 4 is 17.6 Å². The molecule has 102 valence electrons. The number of hydrogen-bond donors (Lipinski definition) is 3. The van der Waals surface area contributed by atoms with E-state index in [-0.39, 0.29) is 11.9 Å². The predicted octanol–water partition coefficient (Wildman–Crippen LogP) is 0.126. The second-order valence-corrected chi connectivity index (χ2v) is 4.20. The third-order valence-corrected chi connectivity index (χ3v) is 2.70. The summed E-state index contributed by atoms with van der Waals surface area (Å²) in [6, 6.07) is 7.35. The third-order valence-electron chi connectivity index (χ3n) is 2.70. The fourth-order valence-electron chi connectivity index (χ4n) is 1.83. The zero-order valence-electron chi connectivity index (χ0n) is 10.7. The van der Waals surface area contributed by atoms with Gasteiger partial charge in [0.05, 0.1) is 18.9 Å². The van der Waals surface area contributed by atoms with Crippen LogP contribution in [-0.2, 0) is 15.3 Å². The van der Waals surface area contributed by atoms with Crippen LogP contribution < -0.4 is 17.2 Å². The van der Waals surface area contributed by atoms with Crippen LogP contribution in [0.1, 0.15) is 12.5 Å².